The molecule has 0 spiro atoms. The first-order valence-electron chi connectivity index (χ1n) is 4.44. The van der Waals surface area contributed by atoms with E-state index in [0.717, 1.165) is 0 Å². The van der Waals surface area contributed by atoms with Gasteiger partial charge in [-0.2, -0.15) is 0 Å². The molecular weight excluding hydrogens is 180 g/mol. The van der Waals surface area contributed by atoms with Crippen molar-refractivity contribution in [2.24, 2.45) is 0 Å². The van der Waals surface area contributed by atoms with Crippen LogP contribution in [0.25, 0.3) is 0 Å². The van der Waals surface area contributed by atoms with Crippen molar-refractivity contribution in [2.75, 3.05) is 7.11 Å². The van der Waals surface area contributed by atoms with Gasteiger partial charge in [0.15, 0.2) is 12.1 Å². The number of ketones is 1. The minimum Gasteiger partial charge on any atom is -0.465 e. The van der Waals surface area contributed by atoms with E-state index in [2.05, 4.69) is 0 Å². The van der Waals surface area contributed by atoms with Crippen molar-refractivity contribution in [1.82, 2.24) is 0 Å². The van der Waals surface area contributed by atoms with Crippen molar-refractivity contribution in [3.8, 4) is 5.75 Å². The third-order valence-corrected chi connectivity index (χ3v) is 1.87. The Labute approximate surface area is 83.6 Å². The Morgan fingerprint density at radius 1 is 1.43 bits per heavy atom. The highest BCUT2D eigenvalue weighted by atomic mass is 16.7. The zero-order valence-electron chi connectivity index (χ0n) is 8.61. The van der Waals surface area contributed by atoms with Crippen molar-refractivity contribution in [1.29, 1.82) is 0 Å². The fourth-order valence-electron chi connectivity index (χ4n) is 1.03. The van der Waals surface area contributed by atoms with Gasteiger partial charge in [-0.1, -0.05) is 12.1 Å². The first-order chi connectivity index (χ1) is 6.63. The summed E-state index contributed by atoms with van der Waals surface area (Å²) in [6, 6.07) is 7.04. The number of benzene rings is 1. The molecule has 1 rings (SSSR count). The highest BCUT2D eigenvalue weighted by Crippen LogP contribution is 2.15. The number of carbonyl (C=O) groups excluding carboxylic acids is 1. The van der Waals surface area contributed by atoms with Gasteiger partial charge in [0.25, 0.3) is 0 Å². The molecule has 0 fully saturated rings. The molecule has 0 heterocycles. The summed E-state index contributed by atoms with van der Waals surface area (Å²) in [7, 11) is 1.57. The predicted molar refractivity (Wildman–Crippen MR) is 53.5 cm³/mol. The zero-order valence-corrected chi connectivity index (χ0v) is 8.61. The molecule has 1 atom stereocenters. The van der Waals surface area contributed by atoms with E-state index < -0.39 is 0 Å². The maximum absolute atomic E-state index is 11.1. The molecule has 1 unspecified atom stereocenters. The molecule has 0 aromatic heterocycles. The van der Waals surface area contributed by atoms with Crippen molar-refractivity contribution in [2.45, 2.75) is 20.1 Å². The van der Waals surface area contributed by atoms with Gasteiger partial charge < -0.3 is 9.47 Å². The van der Waals surface area contributed by atoms with E-state index in [1.165, 1.54) is 6.92 Å². The Bertz CT molecular complexity index is 320. The standard InChI is InChI=1S/C11H14O3/c1-8(12)10-5-4-6-11(7-10)14-9(2)13-3/h4-7,9H,1-3H3. The molecule has 0 radical (unpaired) electrons. The first kappa shape index (κ1) is 10.7. The van der Waals surface area contributed by atoms with Gasteiger partial charge in [-0.15, -0.1) is 0 Å². The van der Waals surface area contributed by atoms with Gasteiger partial charge >= 0.3 is 0 Å². The van der Waals surface area contributed by atoms with E-state index >= 15 is 0 Å². The Morgan fingerprint density at radius 2 is 2.14 bits per heavy atom. The topological polar surface area (TPSA) is 35.5 Å². The summed E-state index contributed by atoms with van der Waals surface area (Å²) in [5.41, 5.74) is 0.644. The van der Waals surface area contributed by atoms with Crippen LogP contribution >= 0.6 is 0 Å². The van der Waals surface area contributed by atoms with E-state index in [9.17, 15) is 4.79 Å². The van der Waals surface area contributed by atoms with Gasteiger partial charge in [-0.05, 0) is 26.0 Å². The quantitative estimate of drug-likeness (QED) is 0.544. The normalized spacial score (nSPS) is 12.2. The second-order valence-corrected chi connectivity index (χ2v) is 3.01. The lowest BCUT2D eigenvalue weighted by Crippen LogP contribution is -2.13. The van der Waals surface area contributed by atoms with Crippen molar-refractivity contribution in [3.63, 3.8) is 0 Å². The van der Waals surface area contributed by atoms with Crippen LogP contribution in [-0.4, -0.2) is 19.2 Å². The maximum Gasteiger partial charge on any atom is 0.196 e. The zero-order chi connectivity index (χ0) is 10.6. The van der Waals surface area contributed by atoms with Crippen molar-refractivity contribution >= 4 is 5.78 Å². The van der Waals surface area contributed by atoms with Crippen LogP contribution in [-0.2, 0) is 4.74 Å². The Morgan fingerprint density at radius 3 is 2.71 bits per heavy atom. The lowest BCUT2D eigenvalue weighted by molar-refractivity contribution is -0.0383. The molecule has 3 nitrogen and oxygen atoms in total. The minimum absolute atomic E-state index is 0.0283. The van der Waals surface area contributed by atoms with Crippen LogP contribution in [0.2, 0.25) is 0 Å². The summed E-state index contributed by atoms with van der Waals surface area (Å²) in [5.74, 6) is 0.674. The van der Waals surface area contributed by atoms with Gasteiger partial charge in [0, 0.05) is 12.7 Å². The van der Waals surface area contributed by atoms with E-state index in [1.54, 1.807) is 38.3 Å². The molecular formula is C11H14O3. The lowest BCUT2D eigenvalue weighted by Gasteiger charge is -2.12. The summed E-state index contributed by atoms with van der Waals surface area (Å²) in [4.78, 5) is 11.1. The van der Waals surface area contributed by atoms with E-state index in [-0.39, 0.29) is 12.1 Å². The molecule has 0 saturated carbocycles. The fraction of sp³-hybridized carbons (Fsp3) is 0.364. The monoisotopic (exact) mass is 194 g/mol. The lowest BCUT2D eigenvalue weighted by atomic mass is 10.1. The number of methoxy groups -OCH3 is 1. The highest BCUT2D eigenvalue weighted by Gasteiger charge is 2.04. The van der Waals surface area contributed by atoms with Crippen LogP contribution in [0.3, 0.4) is 0 Å². The SMILES string of the molecule is COC(C)Oc1cccc(C(C)=O)c1. The summed E-state index contributed by atoms with van der Waals surface area (Å²) < 4.78 is 10.3. The van der Waals surface area contributed by atoms with Crippen LogP contribution in [0.4, 0.5) is 0 Å². The molecule has 0 N–H and O–H groups in total. The summed E-state index contributed by atoms with van der Waals surface area (Å²) in [6.07, 6.45) is -0.308. The van der Waals surface area contributed by atoms with Gasteiger partial charge in [0.2, 0.25) is 0 Å². The van der Waals surface area contributed by atoms with Crippen LogP contribution in [0.15, 0.2) is 24.3 Å². The van der Waals surface area contributed by atoms with E-state index in [0.29, 0.717) is 11.3 Å². The van der Waals surface area contributed by atoms with Gasteiger partial charge in [-0.25, -0.2) is 0 Å². The third kappa shape index (κ3) is 2.85. The number of Topliss-reactive ketones (excluding diaryl/α,β-unsaturated/α-hetero) is 1. The van der Waals surface area contributed by atoms with Crippen molar-refractivity contribution < 1.29 is 14.3 Å². The molecule has 0 aliphatic rings. The molecule has 0 aliphatic carbocycles. The number of hydrogen-bond acceptors (Lipinski definition) is 3. The first-order valence-corrected chi connectivity index (χ1v) is 4.44. The number of ether oxygens (including phenoxy) is 2. The molecule has 0 amide bonds. The summed E-state index contributed by atoms with van der Waals surface area (Å²) in [6.45, 7) is 3.32. The maximum atomic E-state index is 11.1. The predicted octanol–water partition coefficient (Wildman–Crippen LogP) is 2.26. The third-order valence-electron chi connectivity index (χ3n) is 1.87. The van der Waals surface area contributed by atoms with Crippen LogP contribution in [0, 0.1) is 0 Å². The Kier molecular flexibility index (Phi) is 3.65. The summed E-state index contributed by atoms with van der Waals surface area (Å²) in [5, 5.41) is 0. The Balaban J connectivity index is 2.78. The average molecular weight is 194 g/mol. The van der Waals surface area contributed by atoms with Gasteiger partial charge in [-0.3, -0.25) is 4.79 Å². The van der Waals surface area contributed by atoms with Crippen LogP contribution < -0.4 is 4.74 Å². The number of carbonyl (C=O) groups is 1. The Hall–Kier alpha value is -1.35. The minimum atomic E-state index is -0.308. The number of hydrogen-bond donors (Lipinski definition) is 0. The molecule has 1 aromatic rings. The second-order valence-electron chi connectivity index (χ2n) is 3.01. The molecule has 3 heteroatoms. The fourth-order valence-corrected chi connectivity index (χ4v) is 1.03. The van der Waals surface area contributed by atoms with E-state index in [1.807, 2.05) is 0 Å². The van der Waals surface area contributed by atoms with Gasteiger partial charge in [0.1, 0.15) is 5.75 Å². The van der Waals surface area contributed by atoms with Crippen molar-refractivity contribution in [3.05, 3.63) is 29.8 Å². The molecule has 0 saturated heterocycles. The molecule has 1 aromatic carbocycles. The van der Waals surface area contributed by atoms with Gasteiger partial charge in [0.05, 0.1) is 0 Å². The van der Waals surface area contributed by atoms with E-state index in [4.69, 9.17) is 9.47 Å². The molecule has 14 heavy (non-hydrogen) atoms. The number of rotatable bonds is 4. The van der Waals surface area contributed by atoms with Crippen LogP contribution in [0.5, 0.6) is 5.75 Å². The highest BCUT2D eigenvalue weighted by molar-refractivity contribution is 5.94. The second kappa shape index (κ2) is 4.77. The average Bonchev–Trinajstić information content (AvgIpc) is 2.18. The smallest absolute Gasteiger partial charge is 0.196 e. The van der Waals surface area contributed by atoms with Crippen LogP contribution in [0.1, 0.15) is 24.2 Å². The molecule has 0 aliphatic heterocycles. The summed E-state index contributed by atoms with van der Waals surface area (Å²) >= 11 is 0. The molecule has 0 bridgehead atoms. The largest absolute Gasteiger partial charge is 0.465 e. The molecule has 76 valence electrons.